The maximum atomic E-state index is 10.8. The van der Waals surface area contributed by atoms with E-state index in [4.69, 9.17) is 5.73 Å². The van der Waals surface area contributed by atoms with Crippen molar-refractivity contribution in [2.75, 3.05) is 5.73 Å². The Balaban J connectivity index is 2.19. The minimum Gasteiger partial charge on any atom is -0.508 e. The molecule has 2 aromatic carbocycles. The molecule has 0 amide bonds. The zero-order chi connectivity index (χ0) is 14.3. The highest BCUT2D eigenvalue weighted by Gasteiger charge is 2.14. The van der Waals surface area contributed by atoms with Gasteiger partial charge in [0, 0.05) is 29.4 Å². The highest BCUT2D eigenvalue weighted by atomic mass is 16.6. The van der Waals surface area contributed by atoms with Gasteiger partial charge in [0.1, 0.15) is 11.6 Å². The van der Waals surface area contributed by atoms with E-state index in [9.17, 15) is 15.2 Å². The number of benzene rings is 2. The Bertz CT molecular complexity index is 826. The number of nitrogens with one attached hydrogen (secondary N) is 1. The third-order valence-corrected chi connectivity index (χ3v) is 2.97. The number of aromatic amines is 1. The summed E-state index contributed by atoms with van der Waals surface area (Å²) in [4.78, 5) is 17.6. The van der Waals surface area contributed by atoms with E-state index in [0.29, 0.717) is 28.1 Å². The molecule has 0 saturated carbocycles. The van der Waals surface area contributed by atoms with Gasteiger partial charge in [0.15, 0.2) is 0 Å². The minimum absolute atomic E-state index is 0.0579. The number of aromatic nitrogens is 2. The molecule has 0 aliphatic carbocycles. The summed E-state index contributed by atoms with van der Waals surface area (Å²) in [5.41, 5.74) is 7.90. The summed E-state index contributed by atoms with van der Waals surface area (Å²) >= 11 is 0. The highest BCUT2D eigenvalue weighted by molar-refractivity contribution is 5.84. The topological polar surface area (TPSA) is 118 Å². The van der Waals surface area contributed by atoms with E-state index in [0.717, 1.165) is 0 Å². The summed E-state index contributed by atoms with van der Waals surface area (Å²) in [6.45, 7) is 0. The molecule has 0 fully saturated rings. The Morgan fingerprint density at radius 2 is 2.05 bits per heavy atom. The van der Waals surface area contributed by atoms with Gasteiger partial charge >= 0.3 is 0 Å². The third-order valence-electron chi connectivity index (χ3n) is 2.97. The molecule has 1 heterocycles. The number of nitro groups is 1. The van der Waals surface area contributed by atoms with Crippen LogP contribution in [0.4, 0.5) is 11.4 Å². The lowest BCUT2D eigenvalue weighted by atomic mass is 10.1. The third kappa shape index (κ3) is 1.91. The molecule has 0 aliphatic heterocycles. The van der Waals surface area contributed by atoms with Crippen molar-refractivity contribution in [1.29, 1.82) is 0 Å². The number of nitrogen functional groups attached to an aromatic ring is 1. The average molecular weight is 270 g/mol. The lowest BCUT2D eigenvalue weighted by Crippen LogP contribution is -1.94. The van der Waals surface area contributed by atoms with Crippen molar-refractivity contribution in [3.63, 3.8) is 0 Å². The minimum atomic E-state index is -0.489. The summed E-state index contributed by atoms with van der Waals surface area (Å²) in [7, 11) is 0. The van der Waals surface area contributed by atoms with Gasteiger partial charge in [-0.05, 0) is 18.2 Å². The number of phenolic OH excluding ortho intramolecular Hbond substituents is 1. The van der Waals surface area contributed by atoms with Crippen LogP contribution in [0.2, 0.25) is 0 Å². The SMILES string of the molecule is Nc1ccc([N+](=O)[O-])cc1-c1nc2ccc(O)cc2[nH]1. The molecule has 0 spiro atoms. The Hall–Kier alpha value is -3.09. The second-order valence-electron chi connectivity index (χ2n) is 4.32. The van der Waals surface area contributed by atoms with Gasteiger partial charge in [-0.2, -0.15) is 0 Å². The lowest BCUT2D eigenvalue weighted by molar-refractivity contribution is -0.384. The van der Waals surface area contributed by atoms with Crippen LogP contribution in [-0.2, 0) is 0 Å². The van der Waals surface area contributed by atoms with Crippen molar-refractivity contribution < 1.29 is 10.0 Å². The van der Waals surface area contributed by atoms with E-state index in [2.05, 4.69) is 9.97 Å². The van der Waals surface area contributed by atoms with Gasteiger partial charge in [-0.25, -0.2) is 4.98 Å². The van der Waals surface area contributed by atoms with Gasteiger partial charge in [0.2, 0.25) is 0 Å². The zero-order valence-corrected chi connectivity index (χ0v) is 10.2. The van der Waals surface area contributed by atoms with Crippen molar-refractivity contribution in [1.82, 2.24) is 9.97 Å². The molecular formula is C13H10N4O3. The number of H-pyrrole nitrogens is 1. The van der Waals surface area contributed by atoms with Gasteiger partial charge in [0.25, 0.3) is 5.69 Å². The monoisotopic (exact) mass is 270 g/mol. The Morgan fingerprint density at radius 1 is 1.25 bits per heavy atom. The number of aromatic hydroxyl groups is 1. The maximum Gasteiger partial charge on any atom is 0.270 e. The van der Waals surface area contributed by atoms with Crippen molar-refractivity contribution in [2.45, 2.75) is 0 Å². The predicted octanol–water partition coefficient (Wildman–Crippen LogP) is 2.43. The number of rotatable bonds is 2. The van der Waals surface area contributed by atoms with E-state index in [-0.39, 0.29) is 11.4 Å². The zero-order valence-electron chi connectivity index (χ0n) is 10.2. The molecule has 7 nitrogen and oxygen atoms in total. The largest absolute Gasteiger partial charge is 0.508 e. The van der Waals surface area contributed by atoms with Gasteiger partial charge < -0.3 is 15.8 Å². The fourth-order valence-corrected chi connectivity index (χ4v) is 1.99. The maximum absolute atomic E-state index is 10.8. The molecule has 4 N–H and O–H groups in total. The van der Waals surface area contributed by atoms with E-state index in [1.54, 1.807) is 6.07 Å². The Kier molecular flexibility index (Phi) is 2.53. The average Bonchev–Trinajstić information content (AvgIpc) is 2.81. The van der Waals surface area contributed by atoms with Crippen LogP contribution in [-0.4, -0.2) is 20.0 Å². The summed E-state index contributed by atoms with van der Waals surface area (Å²) in [6.07, 6.45) is 0. The van der Waals surface area contributed by atoms with Gasteiger partial charge in [-0.15, -0.1) is 0 Å². The van der Waals surface area contributed by atoms with Gasteiger partial charge in [-0.3, -0.25) is 10.1 Å². The van der Waals surface area contributed by atoms with E-state index in [1.807, 2.05) is 0 Å². The lowest BCUT2D eigenvalue weighted by Gasteiger charge is -2.01. The molecular weight excluding hydrogens is 260 g/mol. The molecule has 7 heteroatoms. The first-order valence-corrected chi connectivity index (χ1v) is 5.77. The molecule has 100 valence electrons. The van der Waals surface area contributed by atoms with Crippen LogP contribution in [0.25, 0.3) is 22.4 Å². The van der Waals surface area contributed by atoms with Crippen LogP contribution in [0.3, 0.4) is 0 Å². The van der Waals surface area contributed by atoms with Crippen LogP contribution in [0.5, 0.6) is 5.75 Å². The number of nitrogens with two attached hydrogens (primary N) is 1. The normalized spacial score (nSPS) is 10.8. The fourth-order valence-electron chi connectivity index (χ4n) is 1.99. The molecule has 0 saturated heterocycles. The molecule has 0 unspecified atom stereocenters. The van der Waals surface area contributed by atoms with Gasteiger partial charge in [-0.1, -0.05) is 0 Å². The van der Waals surface area contributed by atoms with Crippen molar-refractivity contribution in [3.8, 4) is 17.1 Å². The number of hydrogen-bond donors (Lipinski definition) is 3. The summed E-state index contributed by atoms with van der Waals surface area (Å²) in [5.74, 6) is 0.534. The molecule has 0 radical (unpaired) electrons. The highest BCUT2D eigenvalue weighted by Crippen LogP contribution is 2.30. The van der Waals surface area contributed by atoms with E-state index in [1.165, 1.54) is 30.3 Å². The second kappa shape index (κ2) is 4.23. The summed E-state index contributed by atoms with van der Waals surface area (Å²) < 4.78 is 0. The Morgan fingerprint density at radius 3 is 2.80 bits per heavy atom. The van der Waals surface area contributed by atoms with Crippen molar-refractivity contribution in [3.05, 3.63) is 46.5 Å². The van der Waals surface area contributed by atoms with Crippen molar-refractivity contribution in [2.24, 2.45) is 0 Å². The van der Waals surface area contributed by atoms with Crippen LogP contribution >= 0.6 is 0 Å². The smallest absolute Gasteiger partial charge is 0.270 e. The molecule has 3 rings (SSSR count). The number of non-ortho nitro benzene ring substituents is 1. The molecule has 3 aromatic rings. The molecule has 0 bridgehead atoms. The molecule has 0 aliphatic rings. The van der Waals surface area contributed by atoms with Crippen LogP contribution in [0.1, 0.15) is 0 Å². The van der Waals surface area contributed by atoms with Gasteiger partial charge in [0.05, 0.1) is 16.0 Å². The van der Waals surface area contributed by atoms with E-state index < -0.39 is 4.92 Å². The molecule has 0 atom stereocenters. The van der Waals surface area contributed by atoms with E-state index >= 15 is 0 Å². The number of nitrogens with zero attached hydrogens (tertiary/aromatic N) is 2. The first-order chi connectivity index (χ1) is 9.54. The fraction of sp³-hybridized carbons (Fsp3) is 0. The number of hydrogen-bond acceptors (Lipinski definition) is 5. The number of fused-ring (bicyclic) bond motifs is 1. The second-order valence-corrected chi connectivity index (χ2v) is 4.32. The quantitative estimate of drug-likeness (QED) is 0.375. The van der Waals surface area contributed by atoms with Crippen LogP contribution in [0.15, 0.2) is 36.4 Å². The van der Waals surface area contributed by atoms with Crippen LogP contribution in [0, 0.1) is 10.1 Å². The molecule has 1 aromatic heterocycles. The molecule has 20 heavy (non-hydrogen) atoms. The summed E-state index contributed by atoms with van der Waals surface area (Å²) in [5, 5.41) is 20.2. The Labute approximate surface area is 112 Å². The number of nitro benzene ring substituents is 1. The number of phenols is 1. The predicted molar refractivity (Wildman–Crippen MR) is 74.3 cm³/mol. The first-order valence-electron chi connectivity index (χ1n) is 5.77. The standard InChI is InChI=1S/C13H10N4O3/c14-10-3-1-7(17(19)20)5-9(10)13-15-11-4-2-8(18)6-12(11)16-13/h1-6,18H,14H2,(H,15,16). The van der Waals surface area contributed by atoms with Crippen molar-refractivity contribution >= 4 is 22.4 Å². The number of imidazole rings is 1. The first kappa shape index (κ1) is 12.0. The van der Waals surface area contributed by atoms with Crippen LogP contribution < -0.4 is 5.73 Å². The number of anilines is 1. The summed E-state index contributed by atoms with van der Waals surface area (Å²) in [6, 6.07) is 8.87.